The van der Waals surface area contributed by atoms with Crippen LogP contribution in [0.1, 0.15) is 48.5 Å². The zero-order valence-corrected chi connectivity index (χ0v) is 20.3. The molecule has 0 saturated carbocycles. The number of ketones is 1. The summed E-state index contributed by atoms with van der Waals surface area (Å²) >= 11 is 6.70. The summed E-state index contributed by atoms with van der Waals surface area (Å²) in [5, 5.41) is 2.84. The van der Waals surface area contributed by atoms with Crippen molar-refractivity contribution in [1.82, 2.24) is 4.90 Å². The Kier molecular flexibility index (Phi) is 8.79. The van der Waals surface area contributed by atoms with Crippen molar-refractivity contribution in [2.45, 2.75) is 32.6 Å². The highest BCUT2D eigenvalue weighted by molar-refractivity contribution is 8.26. The third kappa shape index (κ3) is 7.00. The second kappa shape index (κ2) is 11.8. The van der Waals surface area contributed by atoms with Crippen molar-refractivity contribution in [1.29, 1.82) is 0 Å². The van der Waals surface area contributed by atoms with E-state index >= 15 is 0 Å². The number of rotatable bonds is 10. The molecule has 2 aromatic carbocycles. The summed E-state index contributed by atoms with van der Waals surface area (Å²) in [6.45, 7) is 2.05. The summed E-state index contributed by atoms with van der Waals surface area (Å²) in [6, 6.07) is 14.3. The van der Waals surface area contributed by atoms with E-state index in [1.807, 2.05) is 30.3 Å². The third-order valence-electron chi connectivity index (χ3n) is 5.15. The summed E-state index contributed by atoms with van der Waals surface area (Å²) < 4.78 is 5.72. The first-order valence-electron chi connectivity index (χ1n) is 10.7. The van der Waals surface area contributed by atoms with Crippen molar-refractivity contribution in [3.63, 3.8) is 0 Å². The fraction of sp³-hybridized carbons (Fsp3) is 0.280. The molecule has 1 saturated heterocycles. The highest BCUT2D eigenvalue weighted by atomic mass is 32.2. The number of hydrogen-bond acceptors (Lipinski definition) is 6. The lowest BCUT2D eigenvalue weighted by atomic mass is 10.1. The van der Waals surface area contributed by atoms with Gasteiger partial charge in [-0.15, -0.1) is 0 Å². The summed E-state index contributed by atoms with van der Waals surface area (Å²) in [5.41, 5.74) is 2.20. The molecule has 1 fully saturated rings. The van der Waals surface area contributed by atoms with Crippen molar-refractivity contribution >= 4 is 57.7 Å². The van der Waals surface area contributed by atoms with Crippen LogP contribution in [0, 0.1) is 0 Å². The first-order valence-corrected chi connectivity index (χ1v) is 11.9. The van der Waals surface area contributed by atoms with Gasteiger partial charge in [0.15, 0.2) is 5.78 Å². The lowest BCUT2D eigenvalue weighted by molar-refractivity contribution is -0.122. The molecule has 33 heavy (non-hydrogen) atoms. The molecule has 2 amide bonds. The molecule has 0 atom stereocenters. The zero-order valence-electron chi connectivity index (χ0n) is 18.6. The van der Waals surface area contributed by atoms with Gasteiger partial charge in [-0.3, -0.25) is 19.3 Å². The Bertz CT molecular complexity index is 1060. The fourth-order valence-electron chi connectivity index (χ4n) is 3.29. The Labute approximate surface area is 203 Å². The van der Waals surface area contributed by atoms with Gasteiger partial charge in [0.2, 0.25) is 5.91 Å². The molecule has 1 N–H and O–H groups in total. The van der Waals surface area contributed by atoms with Gasteiger partial charge in [0.25, 0.3) is 5.91 Å². The number of nitrogens with one attached hydrogen (secondary N) is 1. The number of thiocarbonyl (C=S) groups is 1. The minimum Gasteiger partial charge on any atom is -0.497 e. The monoisotopic (exact) mass is 482 g/mol. The van der Waals surface area contributed by atoms with Crippen LogP contribution in [0.2, 0.25) is 0 Å². The van der Waals surface area contributed by atoms with Gasteiger partial charge in [0, 0.05) is 24.2 Å². The molecule has 172 valence electrons. The van der Waals surface area contributed by atoms with Gasteiger partial charge >= 0.3 is 0 Å². The molecular formula is C25H26N2O4S2. The van der Waals surface area contributed by atoms with Crippen molar-refractivity contribution in [3.05, 3.63) is 64.6 Å². The van der Waals surface area contributed by atoms with Crippen molar-refractivity contribution < 1.29 is 19.1 Å². The standard InChI is InChI=1S/C25H26N2O4S2/c1-17(28)19-9-11-20(12-10-19)26-23(29)6-4-3-5-15-27-24(30)22(33-25(27)32)16-18-7-13-21(31-2)14-8-18/h7-14,16H,3-6,15H2,1-2H3,(H,26,29). The average molecular weight is 483 g/mol. The molecule has 0 bridgehead atoms. The topological polar surface area (TPSA) is 75.7 Å². The lowest BCUT2D eigenvalue weighted by Crippen LogP contribution is -2.29. The highest BCUT2D eigenvalue weighted by Crippen LogP contribution is 2.33. The minimum absolute atomic E-state index is 0.00872. The Balaban J connectivity index is 1.40. The van der Waals surface area contributed by atoms with Gasteiger partial charge in [-0.25, -0.2) is 0 Å². The summed E-state index contributed by atoms with van der Waals surface area (Å²) in [4.78, 5) is 38.4. The van der Waals surface area contributed by atoms with Gasteiger partial charge < -0.3 is 10.1 Å². The number of methoxy groups -OCH3 is 1. The van der Waals surface area contributed by atoms with Gasteiger partial charge in [0.1, 0.15) is 10.1 Å². The second-order valence-electron chi connectivity index (χ2n) is 7.60. The van der Waals surface area contributed by atoms with Gasteiger partial charge in [-0.1, -0.05) is 42.5 Å². The van der Waals surface area contributed by atoms with Gasteiger partial charge in [0.05, 0.1) is 12.0 Å². The van der Waals surface area contributed by atoms with Crippen LogP contribution >= 0.6 is 24.0 Å². The largest absolute Gasteiger partial charge is 0.497 e. The van der Waals surface area contributed by atoms with Crippen molar-refractivity contribution in [2.75, 3.05) is 19.0 Å². The number of carbonyl (C=O) groups is 3. The summed E-state index contributed by atoms with van der Waals surface area (Å²) in [5.74, 6) is 0.607. The van der Waals surface area contributed by atoms with Crippen LogP contribution in [0.5, 0.6) is 5.75 Å². The average Bonchev–Trinajstić information content (AvgIpc) is 3.07. The van der Waals surface area contributed by atoms with Crippen LogP contribution in [0.3, 0.4) is 0 Å². The van der Waals surface area contributed by atoms with E-state index in [0.717, 1.165) is 24.2 Å². The van der Waals surface area contributed by atoms with Crippen LogP contribution in [0.15, 0.2) is 53.4 Å². The number of Topliss-reactive ketones (excluding diaryl/α,β-unsaturated/α-hetero) is 1. The predicted octanol–water partition coefficient (Wildman–Crippen LogP) is 5.30. The quantitative estimate of drug-likeness (QED) is 0.214. The molecular weight excluding hydrogens is 456 g/mol. The Morgan fingerprint density at radius 1 is 1.06 bits per heavy atom. The van der Waals surface area contributed by atoms with E-state index in [4.69, 9.17) is 17.0 Å². The first kappa shape index (κ1) is 24.7. The van der Waals surface area contributed by atoms with Gasteiger partial charge in [-0.2, -0.15) is 0 Å². The third-order valence-corrected chi connectivity index (χ3v) is 6.53. The first-order chi connectivity index (χ1) is 15.9. The molecule has 0 aliphatic carbocycles. The molecule has 6 nitrogen and oxygen atoms in total. The number of amides is 2. The maximum Gasteiger partial charge on any atom is 0.266 e. The van der Waals surface area contributed by atoms with Gasteiger partial charge in [-0.05, 0) is 67.8 Å². The van der Waals surface area contributed by atoms with Crippen LogP contribution in [0.4, 0.5) is 5.69 Å². The normalized spacial score (nSPS) is 14.6. The molecule has 1 heterocycles. The molecule has 0 radical (unpaired) electrons. The molecule has 3 rings (SSSR count). The second-order valence-corrected chi connectivity index (χ2v) is 9.27. The Morgan fingerprint density at radius 3 is 2.39 bits per heavy atom. The number of unbranched alkanes of at least 4 members (excludes halogenated alkanes) is 2. The van der Waals surface area contributed by atoms with Crippen LogP contribution < -0.4 is 10.1 Å². The number of anilines is 1. The smallest absolute Gasteiger partial charge is 0.266 e. The van der Waals surface area contributed by atoms with E-state index < -0.39 is 0 Å². The van der Waals surface area contributed by atoms with Crippen LogP contribution in [-0.2, 0) is 9.59 Å². The summed E-state index contributed by atoms with van der Waals surface area (Å²) in [7, 11) is 1.61. The number of ether oxygens (including phenoxy) is 1. The summed E-state index contributed by atoms with van der Waals surface area (Å²) in [6.07, 6.45) is 4.53. The Morgan fingerprint density at radius 2 is 1.76 bits per heavy atom. The number of benzene rings is 2. The molecule has 1 aliphatic rings. The molecule has 8 heteroatoms. The maximum absolute atomic E-state index is 12.7. The fourth-order valence-corrected chi connectivity index (χ4v) is 4.60. The number of carbonyl (C=O) groups excluding carboxylic acids is 3. The van der Waals surface area contributed by atoms with Crippen LogP contribution in [-0.4, -0.2) is 40.5 Å². The Hall–Kier alpha value is -2.97. The van der Waals surface area contributed by atoms with E-state index in [1.54, 1.807) is 36.3 Å². The van der Waals surface area contributed by atoms with E-state index in [-0.39, 0.29) is 17.6 Å². The molecule has 0 spiro atoms. The maximum atomic E-state index is 12.7. The molecule has 0 unspecified atom stereocenters. The predicted molar refractivity (Wildman–Crippen MR) is 136 cm³/mol. The number of thioether (sulfide) groups is 1. The van der Waals surface area contributed by atoms with Crippen LogP contribution in [0.25, 0.3) is 6.08 Å². The van der Waals surface area contributed by atoms with Crippen molar-refractivity contribution in [2.24, 2.45) is 0 Å². The van der Waals surface area contributed by atoms with E-state index in [1.165, 1.54) is 18.7 Å². The molecule has 0 aromatic heterocycles. The van der Waals surface area contributed by atoms with E-state index in [2.05, 4.69) is 5.32 Å². The number of hydrogen-bond donors (Lipinski definition) is 1. The van der Waals surface area contributed by atoms with E-state index in [9.17, 15) is 14.4 Å². The van der Waals surface area contributed by atoms with Crippen molar-refractivity contribution in [3.8, 4) is 5.75 Å². The molecule has 1 aliphatic heterocycles. The SMILES string of the molecule is COc1ccc(C=C2SC(=S)N(CCCCCC(=O)Nc3ccc(C(C)=O)cc3)C2=O)cc1. The zero-order chi connectivity index (χ0) is 23.8. The minimum atomic E-state index is -0.0763. The molecule has 2 aromatic rings. The highest BCUT2D eigenvalue weighted by Gasteiger charge is 2.31. The van der Waals surface area contributed by atoms with E-state index in [0.29, 0.717) is 39.9 Å². The lowest BCUT2D eigenvalue weighted by Gasteiger charge is -2.14. The number of nitrogens with zero attached hydrogens (tertiary/aromatic N) is 1.